The van der Waals surface area contributed by atoms with Crippen LogP contribution in [0.5, 0.6) is 5.75 Å². The number of carbonyl (C=O) groups is 1. The first-order valence-corrected chi connectivity index (χ1v) is 13.0. The van der Waals surface area contributed by atoms with Crippen LogP contribution >= 0.6 is 0 Å². The molecule has 2 heterocycles. The molecule has 5 rings (SSSR count). The lowest BCUT2D eigenvalue weighted by Gasteiger charge is -2.30. The summed E-state index contributed by atoms with van der Waals surface area (Å²) in [5.74, 6) is 0.0927. The van der Waals surface area contributed by atoms with Crippen molar-refractivity contribution in [3.05, 3.63) is 77.5 Å². The number of hydrogen-bond acceptors (Lipinski definition) is 6. The molecule has 1 aliphatic rings. The fourth-order valence-electron chi connectivity index (χ4n) is 4.77. The van der Waals surface area contributed by atoms with Crippen molar-refractivity contribution in [2.24, 2.45) is 0 Å². The number of benzene rings is 3. The minimum absolute atomic E-state index is 0.0144. The van der Waals surface area contributed by atoms with Gasteiger partial charge in [-0.1, -0.05) is 12.1 Å². The second-order valence-corrected chi connectivity index (χ2v) is 10.0. The number of carbonyl (C=O) groups excluding carboxylic acids is 1. The first-order chi connectivity index (χ1) is 19.1. The molecule has 0 spiro atoms. The number of anilines is 2. The molecule has 1 saturated heterocycles. The van der Waals surface area contributed by atoms with E-state index in [-0.39, 0.29) is 17.5 Å². The molecular formula is C30H30F3N5O2. The number of amides is 1. The van der Waals surface area contributed by atoms with Crippen molar-refractivity contribution in [1.82, 2.24) is 14.9 Å². The van der Waals surface area contributed by atoms with E-state index in [1.54, 1.807) is 25.4 Å². The summed E-state index contributed by atoms with van der Waals surface area (Å²) in [5.41, 5.74) is 3.23. The lowest BCUT2D eigenvalue weighted by molar-refractivity contribution is -0.137. The quantitative estimate of drug-likeness (QED) is 0.290. The van der Waals surface area contributed by atoms with Gasteiger partial charge in [-0.25, -0.2) is 9.97 Å². The molecule has 1 fully saturated rings. The van der Waals surface area contributed by atoms with Gasteiger partial charge in [-0.3, -0.25) is 4.79 Å². The van der Waals surface area contributed by atoms with Gasteiger partial charge in [0.2, 0.25) is 5.95 Å². The number of aryl methyl sites for hydroxylation is 1. The summed E-state index contributed by atoms with van der Waals surface area (Å²) in [6, 6.07) is 14.3. The maximum absolute atomic E-state index is 13.5. The summed E-state index contributed by atoms with van der Waals surface area (Å²) in [6.07, 6.45) is -1.65. The molecule has 0 atom stereocenters. The molecule has 2 N–H and O–H groups in total. The third-order valence-electron chi connectivity index (χ3n) is 7.13. The van der Waals surface area contributed by atoms with E-state index in [0.717, 1.165) is 52.8 Å². The predicted octanol–water partition coefficient (Wildman–Crippen LogP) is 6.39. The molecule has 1 aliphatic heterocycles. The molecule has 7 nitrogen and oxygen atoms in total. The smallest absolute Gasteiger partial charge is 0.416 e. The van der Waals surface area contributed by atoms with E-state index in [1.807, 2.05) is 38.2 Å². The van der Waals surface area contributed by atoms with Crippen LogP contribution in [0.1, 0.15) is 34.3 Å². The van der Waals surface area contributed by atoms with Crippen molar-refractivity contribution in [2.45, 2.75) is 32.0 Å². The minimum atomic E-state index is -4.53. The molecule has 1 aromatic heterocycles. The number of rotatable bonds is 6. The fraction of sp³-hybridized carbons (Fsp3) is 0.300. The zero-order chi connectivity index (χ0) is 28.4. The van der Waals surface area contributed by atoms with Crippen LogP contribution in [0.4, 0.5) is 24.8 Å². The first-order valence-electron chi connectivity index (χ1n) is 13.0. The summed E-state index contributed by atoms with van der Waals surface area (Å²) in [4.78, 5) is 24.2. The minimum Gasteiger partial charge on any atom is -0.488 e. The number of nitrogens with zero attached hydrogens (tertiary/aromatic N) is 3. The average molecular weight is 550 g/mol. The Balaban J connectivity index is 1.42. The summed E-state index contributed by atoms with van der Waals surface area (Å²) < 4.78 is 46.4. The number of nitrogens with one attached hydrogen (secondary N) is 2. The van der Waals surface area contributed by atoms with E-state index < -0.39 is 17.6 Å². The Hall–Kier alpha value is -4.18. The fourth-order valence-corrected chi connectivity index (χ4v) is 4.77. The van der Waals surface area contributed by atoms with Gasteiger partial charge < -0.3 is 20.3 Å². The maximum atomic E-state index is 13.5. The standard InChI is InChI=1S/C30H30F3N5O2/c1-18-4-5-20(15-24(18)19-6-8-25-21(14-19)17-35-29(34-2)37-25)28(39)36-26-9-7-22(30(31,32)33)16-27(26)40-23-10-12-38(3)13-11-23/h4-9,14-17,23H,10-13H2,1-3H3,(H,36,39)(H,34,35,37). The van der Waals surface area contributed by atoms with Crippen LogP contribution in [0.15, 0.2) is 60.8 Å². The largest absolute Gasteiger partial charge is 0.488 e. The molecule has 0 radical (unpaired) electrons. The third kappa shape index (κ3) is 6.02. The van der Waals surface area contributed by atoms with Gasteiger partial charge in [0.15, 0.2) is 0 Å². The molecule has 208 valence electrons. The molecule has 3 aromatic carbocycles. The van der Waals surface area contributed by atoms with Crippen LogP contribution in [0.25, 0.3) is 22.0 Å². The molecular weight excluding hydrogens is 519 g/mol. The second-order valence-electron chi connectivity index (χ2n) is 10.0. The van der Waals surface area contributed by atoms with Crippen LogP contribution in [-0.2, 0) is 6.18 Å². The van der Waals surface area contributed by atoms with Gasteiger partial charge >= 0.3 is 6.18 Å². The van der Waals surface area contributed by atoms with Gasteiger partial charge in [0.1, 0.15) is 11.9 Å². The normalized spacial score (nSPS) is 14.8. The third-order valence-corrected chi connectivity index (χ3v) is 7.13. The van der Waals surface area contributed by atoms with Crippen LogP contribution < -0.4 is 15.4 Å². The molecule has 1 amide bonds. The van der Waals surface area contributed by atoms with Gasteiger partial charge in [-0.15, -0.1) is 0 Å². The Morgan fingerprint density at radius 3 is 2.55 bits per heavy atom. The number of aromatic nitrogens is 2. The summed E-state index contributed by atoms with van der Waals surface area (Å²) in [5, 5.41) is 6.55. The highest BCUT2D eigenvalue weighted by Gasteiger charge is 2.32. The number of fused-ring (bicyclic) bond motifs is 1. The van der Waals surface area contributed by atoms with Crippen LogP contribution in [0.2, 0.25) is 0 Å². The predicted molar refractivity (Wildman–Crippen MR) is 150 cm³/mol. The van der Waals surface area contributed by atoms with Crippen molar-refractivity contribution in [3.63, 3.8) is 0 Å². The lowest BCUT2D eigenvalue weighted by Crippen LogP contribution is -2.35. The van der Waals surface area contributed by atoms with Gasteiger partial charge in [0, 0.05) is 37.3 Å². The Labute approximate surface area is 230 Å². The summed E-state index contributed by atoms with van der Waals surface area (Å²) in [6.45, 7) is 3.52. The first kappa shape index (κ1) is 27.4. The van der Waals surface area contributed by atoms with E-state index in [9.17, 15) is 18.0 Å². The average Bonchev–Trinajstić information content (AvgIpc) is 2.94. The van der Waals surface area contributed by atoms with Crippen molar-refractivity contribution in [3.8, 4) is 16.9 Å². The van der Waals surface area contributed by atoms with E-state index in [2.05, 4.69) is 25.5 Å². The number of ether oxygens (including phenoxy) is 1. The zero-order valence-electron chi connectivity index (χ0n) is 22.5. The van der Waals surface area contributed by atoms with E-state index >= 15 is 0 Å². The number of piperidine rings is 1. The van der Waals surface area contributed by atoms with Crippen molar-refractivity contribution in [1.29, 1.82) is 0 Å². The van der Waals surface area contributed by atoms with Gasteiger partial charge in [0.25, 0.3) is 5.91 Å². The molecule has 0 unspecified atom stereocenters. The van der Waals surface area contributed by atoms with Gasteiger partial charge in [-0.2, -0.15) is 13.2 Å². The van der Waals surface area contributed by atoms with Crippen LogP contribution in [0.3, 0.4) is 0 Å². The van der Waals surface area contributed by atoms with Crippen molar-refractivity contribution >= 4 is 28.4 Å². The van der Waals surface area contributed by atoms with Gasteiger partial charge in [-0.05, 0) is 86.0 Å². The highest BCUT2D eigenvalue weighted by atomic mass is 19.4. The van der Waals surface area contributed by atoms with E-state index in [1.165, 1.54) is 6.07 Å². The molecule has 10 heteroatoms. The summed E-state index contributed by atoms with van der Waals surface area (Å²) in [7, 11) is 3.75. The molecule has 0 bridgehead atoms. The molecule has 0 saturated carbocycles. The highest BCUT2D eigenvalue weighted by molar-refractivity contribution is 6.06. The SMILES string of the molecule is CNc1ncc2cc(-c3cc(C(=O)Nc4ccc(C(F)(F)F)cc4OC4CCN(C)CC4)ccc3C)ccc2n1. The van der Waals surface area contributed by atoms with Gasteiger partial charge in [0.05, 0.1) is 16.8 Å². The lowest BCUT2D eigenvalue weighted by atomic mass is 9.97. The number of likely N-dealkylation sites (tertiary alicyclic amines) is 1. The second kappa shape index (κ2) is 11.1. The van der Waals surface area contributed by atoms with Crippen LogP contribution in [-0.4, -0.2) is 54.1 Å². The molecule has 40 heavy (non-hydrogen) atoms. The Morgan fingerprint density at radius 2 is 1.82 bits per heavy atom. The monoisotopic (exact) mass is 549 g/mol. The molecule has 0 aliphatic carbocycles. The van der Waals surface area contributed by atoms with E-state index in [4.69, 9.17) is 4.74 Å². The number of alkyl halides is 3. The highest BCUT2D eigenvalue weighted by Crippen LogP contribution is 2.37. The van der Waals surface area contributed by atoms with Crippen LogP contribution in [0, 0.1) is 6.92 Å². The Kier molecular flexibility index (Phi) is 7.62. The van der Waals surface area contributed by atoms with Crippen molar-refractivity contribution in [2.75, 3.05) is 37.8 Å². The van der Waals surface area contributed by atoms with E-state index in [0.29, 0.717) is 24.4 Å². The van der Waals surface area contributed by atoms with Crippen molar-refractivity contribution < 1.29 is 22.7 Å². The maximum Gasteiger partial charge on any atom is 0.416 e. The summed E-state index contributed by atoms with van der Waals surface area (Å²) >= 11 is 0. The number of halogens is 3. The Morgan fingerprint density at radius 1 is 1.05 bits per heavy atom. The molecule has 4 aromatic rings. The zero-order valence-corrected chi connectivity index (χ0v) is 22.5. The topological polar surface area (TPSA) is 79.4 Å². The number of hydrogen-bond donors (Lipinski definition) is 2. The Bertz CT molecular complexity index is 1550.